The topological polar surface area (TPSA) is 68.8 Å². The van der Waals surface area contributed by atoms with Crippen molar-refractivity contribution < 1.29 is 4.74 Å². The van der Waals surface area contributed by atoms with Crippen LogP contribution in [0.2, 0.25) is 0 Å². The molecule has 4 nitrogen and oxygen atoms in total. The zero-order valence-electron chi connectivity index (χ0n) is 11.1. The summed E-state index contributed by atoms with van der Waals surface area (Å²) in [5, 5.41) is 21.1. The van der Waals surface area contributed by atoms with Gasteiger partial charge in [-0.15, -0.1) is 0 Å². The molecule has 0 aromatic heterocycles. The number of hydrogen-bond acceptors (Lipinski definition) is 4. The largest absolute Gasteiger partial charge is 0.495 e. The maximum atomic E-state index is 9.04. The van der Waals surface area contributed by atoms with Crippen molar-refractivity contribution >= 4 is 5.69 Å². The molecule has 0 fully saturated rings. The van der Waals surface area contributed by atoms with Gasteiger partial charge in [0.25, 0.3) is 0 Å². The molecule has 1 N–H and O–H groups in total. The average molecular weight is 263 g/mol. The third-order valence-corrected chi connectivity index (χ3v) is 2.87. The number of methoxy groups -OCH3 is 1. The van der Waals surface area contributed by atoms with Crippen LogP contribution in [0.4, 0.5) is 5.69 Å². The fourth-order valence-electron chi connectivity index (χ4n) is 1.86. The molecule has 0 amide bonds. The molecule has 0 heterocycles. The summed E-state index contributed by atoms with van der Waals surface area (Å²) in [6.07, 6.45) is 0. The van der Waals surface area contributed by atoms with Crippen LogP contribution in [0.3, 0.4) is 0 Å². The fraction of sp³-hybridized carbons (Fsp3) is 0.125. The van der Waals surface area contributed by atoms with Gasteiger partial charge in [-0.05, 0) is 35.9 Å². The highest BCUT2D eigenvalue weighted by Gasteiger charge is 2.03. The van der Waals surface area contributed by atoms with Crippen molar-refractivity contribution in [2.24, 2.45) is 0 Å². The highest BCUT2D eigenvalue weighted by Crippen LogP contribution is 2.19. The second-order valence-electron chi connectivity index (χ2n) is 4.19. The summed E-state index contributed by atoms with van der Waals surface area (Å²) in [5.41, 5.74) is 2.98. The SMILES string of the molecule is COc1ccc(CNc2cccc(C#N)c2)cc1C#N. The monoisotopic (exact) mass is 263 g/mol. The molecule has 0 aliphatic heterocycles. The van der Waals surface area contributed by atoms with Gasteiger partial charge in [0, 0.05) is 12.2 Å². The molecule has 98 valence electrons. The Morgan fingerprint density at radius 3 is 2.65 bits per heavy atom. The number of ether oxygens (including phenoxy) is 1. The Morgan fingerprint density at radius 2 is 1.95 bits per heavy atom. The Labute approximate surface area is 117 Å². The number of anilines is 1. The molecule has 0 unspecified atom stereocenters. The zero-order chi connectivity index (χ0) is 14.4. The van der Waals surface area contributed by atoms with Crippen LogP contribution >= 0.6 is 0 Å². The van der Waals surface area contributed by atoms with Gasteiger partial charge in [0.2, 0.25) is 0 Å². The first-order chi connectivity index (χ1) is 9.76. The van der Waals surface area contributed by atoms with Crippen LogP contribution in [0.25, 0.3) is 0 Å². The van der Waals surface area contributed by atoms with Crippen LogP contribution in [0, 0.1) is 22.7 Å². The van der Waals surface area contributed by atoms with E-state index in [-0.39, 0.29) is 0 Å². The highest BCUT2D eigenvalue weighted by atomic mass is 16.5. The van der Waals surface area contributed by atoms with Gasteiger partial charge in [0.15, 0.2) is 0 Å². The molecule has 0 bridgehead atoms. The summed E-state index contributed by atoms with van der Waals surface area (Å²) in [6.45, 7) is 0.577. The van der Waals surface area contributed by atoms with E-state index in [9.17, 15) is 0 Å². The van der Waals surface area contributed by atoms with Gasteiger partial charge in [-0.25, -0.2) is 0 Å². The molecule has 2 rings (SSSR count). The molecule has 0 aliphatic carbocycles. The summed E-state index contributed by atoms with van der Waals surface area (Å²) in [4.78, 5) is 0. The first kappa shape index (κ1) is 13.5. The van der Waals surface area contributed by atoms with Crippen molar-refractivity contribution in [3.05, 3.63) is 59.2 Å². The van der Waals surface area contributed by atoms with Crippen LogP contribution in [-0.4, -0.2) is 7.11 Å². The minimum Gasteiger partial charge on any atom is -0.495 e. The Bertz CT molecular complexity index is 696. The third kappa shape index (κ3) is 3.07. The number of benzene rings is 2. The van der Waals surface area contributed by atoms with E-state index in [0.29, 0.717) is 23.4 Å². The summed E-state index contributed by atoms with van der Waals surface area (Å²) in [6, 6.07) is 17.0. The highest BCUT2D eigenvalue weighted by molar-refractivity contribution is 5.50. The van der Waals surface area contributed by atoms with Crippen molar-refractivity contribution in [2.75, 3.05) is 12.4 Å². The average Bonchev–Trinajstić information content (AvgIpc) is 2.52. The van der Waals surface area contributed by atoms with E-state index in [1.54, 1.807) is 31.4 Å². The Balaban J connectivity index is 2.11. The minimum atomic E-state index is 0.512. The van der Waals surface area contributed by atoms with Crippen LogP contribution in [0.5, 0.6) is 5.75 Å². The number of nitrogens with zero attached hydrogens (tertiary/aromatic N) is 2. The smallest absolute Gasteiger partial charge is 0.136 e. The van der Waals surface area contributed by atoms with E-state index in [0.717, 1.165) is 11.3 Å². The maximum Gasteiger partial charge on any atom is 0.136 e. The molecule has 2 aromatic carbocycles. The summed E-state index contributed by atoms with van der Waals surface area (Å²) in [7, 11) is 1.54. The van der Waals surface area contributed by atoms with Crippen molar-refractivity contribution in [3.63, 3.8) is 0 Å². The molecule has 2 aromatic rings. The van der Waals surface area contributed by atoms with E-state index in [2.05, 4.69) is 17.5 Å². The second kappa shape index (κ2) is 6.26. The Hall–Kier alpha value is -2.98. The van der Waals surface area contributed by atoms with Gasteiger partial charge in [-0.2, -0.15) is 10.5 Å². The van der Waals surface area contributed by atoms with E-state index in [1.807, 2.05) is 18.2 Å². The van der Waals surface area contributed by atoms with E-state index >= 15 is 0 Å². The predicted octanol–water partition coefficient (Wildman–Crippen LogP) is 3.05. The first-order valence-corrected chi connectivity index (χ1v) is 6.08. The summed E-state index contributed by atoms with van der Waals surface area (Å²) in [5.74, 6) is 0.572. The lowest BCUT2D eigenvalue weighted by molar-refractivity contribution is 0.413. The minimum absolute atomic E-state index is 0.512. The van der Waals surface area contributed by atoms with Crippen LogP contribution < -0.4 is 10.1 Å². The predicted molar refractivity (Wildman–Crippen MR) is 76.2 cm³/mol. The molecule has 0 saturated heterocycles. The molecule has 0 radical (unpaired) electrons. The molecular formula is C16H13N3O. The number of nitrogens with one attached hydrogen (secondary N) is 1. The molecule has 0 saturated carbocycles. The Kier molecular flexibility index (Phi) is 4.21. The van der Waals surface area contributed by atoms with Crippen LogP contribution in [-0.2, 0) is 6.54 Å². The van der Waals surface area contributed by atoms with Gasteiger partial charge < -0.3 is 10.1 Å². The zero-order valence-corrected chi connectivity index (χ0v) is 11.1. The van der Waals surface area contributed by atoms with E-state index < -0.39 is 0 Å². The van der Waals surface area contributed by atoms with Crippen LogP contribution in [0.1, 0.15) is 16.7 Å². The van der Waals surface area contributed by atoms with E-state index in [1.165, 1.54) is 0 Å². The van der Waals surface area contributed by atoms with Gasteiger partial charge >= 0.3 is 0 Å². The lowest BCUT2D eigenvalue weighted by Gasteiger charge is -2.08. The standard InChI is InChI=1S/C16H13N3O/c1-20-16-6-5-13(7-14(16)10-18)11-19-15-4-2-3-12(8-15)9-17/h2-8,19H,11H2,1H3. The molecule has 0 spiro atoms. The van der Waals surface area contributed by atoms with Crippen molar-refractivity contribution in [2.45, 2.75) is 6.54 Å². The third-order valence-electron chi connectivity index (χ3n) is 2.87. The lowest BCUT2D eigenvalue weighted by atomic mass is 10.1. The normalized spacial score (nSPS) is 9.35. The second-order valence-corrected chi connectivity index (χ2v) is 4.19. The van der Waals surface area contributed by atoms with Crippen molar-refractivity contribution in [1.29, 1.82) is 10.5 Å². The lowest BCUT2D eigenvalue weighted by Crippen LogP contribution is -2.00. The molecular weight excluding hydrogens is 250 g/mol. The quantitative estimate of drug-likeness (QED) is 0.920. The van der Waals surface area contributed by atoms with Crippen molar-refractivity contribution in [1.82, 2.24) is 0 Å². The van der Waals surface area contributed by atoms with Gasteiger partial charge in [-0.1, -0.05) is 12.1 Å². The van der Waals surface area contributed by atoms with E-state index in [4.69, 9.17) is 15.3 Å². The molecule has 0 atom stereocenters. The van der Waals surface area contributed by atoms with Crippen molar-refractivity contribution in [3.8, 4) is 17.9 Å². The molecule has 4 heteroatoms. The van der Waals surface area contributed by atoms with Gasteiger partial charge in [-0.3, -0.25) is 0 Å². The number of rotatable bonds is 4. The summed E-state index contributed by atoms with van der Waals surface area (Å²) < 4.78 is 5.11. The molecule has 20 heavy (non-hydrogen) atoms. The molecule has 0 aliphatic rings. The summed E-state index contributed by atoms with van der Waals surface area (Å²) >= 11 is 0. The van der Waals surface area contributed by atoms with Gasteiger partial charge in [0.1, 0.15) is 11.8 Å². The maximum absolute atomic E-state index is 9.04. The fourth-order valence-corrected chi connectivity index (χ4v) is 1.86. The number of nitriles is 2. The van der Waals surface area contributed by atoms with Crippen LogP contribution in [0.15, 0.2) is 42.5 Å². The first-order valence-electron chi connectivity index (χ1n) is 6.08. The Morgan fingerprint density at radius 1 is 1.10 bits per heavy atom. The number of hydrogen-bond donors (Lipinski definition) is 1. The van der Waals surface area contributed by atoms with Gasteiger partial charge in [0.05, 0.1) is 24.3 Å².